The molecule has 0 aromatic heterocycles. The third-order valence-corrected chi connectivity index (χ3v) is 5.27. The van der Waals surface area contributed by atoms with Gasteiger partial charge in [-0.25, -0.2) is 0 Å². The molecule has 1 heterocycles. The predicted molar refractivity (Wildman–Crippen MR) is 122 cm³/mol. The molecule has 0 bridgehead atoms. The van der Waals surface area contributed by atoms with Crippen LogP contribution in [0.2, 0.25) is 0 Å². The molecule has 3 aromatic rings. The zero-order chi connectivity index (χ0) is 19.5. The van der Waals surface area contributed by atoms with Gasteiger partial charge in [-0.3, -0.25) is 0 Å². The lowest BCUT2D eigenvalue weighted by Gasteiger charge is -2.17. The van der Waals surface area contributed by atoms with E-state index in [2.05, 4.69) is 111 Å². The van der Waals surface area contributed by atoms with Gasteiger partial charge in [0.05, 0.1) is 0 Å². The number of para-hydroxylation sites is 1. The Balaban J connectivity index is 2.00. The quantitative estimate of drug-likeness (QED) is 0.471. The SMILES string of the molecule is CC1=C/C=C/Nc2ccccc2-c2cc(-c3ccccc3C)c(C)cc2/C=C\1. The van der Waals surface area contributed by atoms with Gasteiger partial charge in [0.25, 0.3) is 0 Å². The summed E-state index contributed by atoms with van der Waals surface area (Å²) in [5.74, 6) is 0. The van der Waals surface area contributed by atoms with Crippen LogP contribution in [0.3, 0.4) is 0 Å². The normalized spacial score (nSPS) is 17.2. The van der Waals surface area contributed by atoms with Crippen LogP contribution in [0.4, 0.5) is 5.69 Å². The van der Waals surface area contributed by atoms with Gasteiger partial charge in [-0.2, -0.15) is 0 Å². The lowest BCUT2D eigenvalue weighted by molar-refractivity contribution is 1.40. The molecule has 0 aliphatic carbocycles. The zero-order valence-corrected chi connectivity index (χ0v) is 16.7. The van der Waals surface area contributed by atoms with E-state index in [1.54, 1.807) is 0 Å². The Hall–Kier alpha value is -3.32. The Morgan fingerprint density at radius 1 is 0.643 bits per heavy atom. The molecule has 0 amide bonds. The molecule has 28 heavy (non-hydrogen) atoms. The molecule has 0 fully saturated rings. The highest BCUT2D eigenvalue weighted by atomic mass is 14.8. The molecule has 3 aromatic carbocycles. The smallest absolute Gasteiger partial charge is 0.0459 e. The minimum absolute atomic E-state index is 1.11. The van der Waals surface area contributed by atoms with Crippen LogP contribution in [0, 0.1) is 13.8 Å². The van der Waals surface area contributed by atoms with Gasteiger partial charge in [0.1, 0.15) is 0 Å². The lowest BCUT2D eigenvalue weighted by Crippen LogP contribution is -1.95. The van der Waals surface area contributed by atoms with Crippen molar-refractivity contribution in [2.45, 2.75) is 20.8 Å². The van der Waals surface area contributed by atoms with E-state index in [0.29, 0.717) is 0 Å². The van der Waals surface area contributed by atoms with Crippen LogP contribution in [0.25, 0.3) is 28.3 Å². The summed E-state index contributed by atoms with van der Waals surface area (Å²) in [5.41, 5.74) is 11.2. The number of allylic oxidation sites excluding steroid dienone is 4. The van der Waals surface area contributed by atoms with Crippen molar-refractivity contribution in [2.24, 2.45) is 0 Å². The molecule has 1 nitrogen and oxygen atoms in total. The number of rotatable bonds is 1. The van der Waals surface area contributed by atoms with Crippen LogP contribution >= 0.6 is 0 Å². The van der Waals surface area contributed by atoms with Crippen LogP contribution in [-0.2, 0) is 0 Å². The molecule has 1 N–H and O–H groups in total. The van der Waals surface area contributed by atoms with E-state index < -0.39 is 0 Å². The summed E-state index contributed by atoms with van der Waals surface area (Å²) in [6.07, 6.45) is 10.6. The van der Waals surface area contributed by atoms with Crippen molar-refractivity contribution in [3.63, 3.8) is 0 Å². The average Bonchev–Trinajstić information content (AvgIpc) is 2.73. The van der Waals surface area contributed by atoms with Gasteiger partial charge in [-0.15, -0.1) is 0 Å². The third-order valence-electron chi connectivity index (χ3n) is 5.27. The van der Waals surface area contributed by atoms with Gasteiger partial charge >= 0.3 is 0 Å². The van der Waals surface area contributed by atoms with E-state index in [4.69, 9.17) is 0 Å². The number of hydrogen-bond acceptors (Lipinski definition) is 1. The van der Waals surface area contributed by atoms with E-state index in [0.717, 1.165) is 5.69 Å². The van der Waals surface area contributed by atoms with E-state index in [1.165, 1.54) is 44.5 Å². The summed E-state index contributed by atoms with van der Waals surface area (Å²) in [6.45, 7) is 6.51. The minimum atomic E-state index is 1.11. The summed E-state index contributed by atoms with van der Waals surface area (Å²) in [4.78, 5) is 0. The summed E-state index contributed by atoms with van der Waals surface area (Å²) >= 11 is 0. The second-order valence-corrected chi connectivity index (χ2v) is 7.36. The first-order chi connectivity index (χ1) is 13.6. The molecule has 1 aliphatic heterocycles. The van der Waals surface area contributed by atoms with Crippen molar-refractivity contribution in [3.05, 3.63) is 107 Å². The van der Waals surface area contributed by atoms with Crippen LogP contribution in [0.15, 0.2) is 90.7 Å². The number of anilines is 1. The van der Waals surface area contributed by atoms with Gasteiger partial charge in [-0.1, -0.05) is 72.3 Å². The number of fused-ring (bicyclic) bond motifs is 3. The number of aryl methyl sites for hydroxylation is 2. The Bertz CT molecular complexity index is 1110. The Morgan fingerprint density at radius 2 is 1.39 bits per heavy atom. The van der Waals surface area contributed by atoms with Crippen LogP contribution in [0.1, 0.15) is 23.6 Å². The van der Waals surface area contributed by atoms with Gasteiger partial charge in [0, 0.05) is 17.5 Å². The first-order valence-electron chi connectivity index (χ1n) is 9.71. The molecule has 0 saturated carbocycles. The molecule has 0 atom stereocenters. The van der Waals surface area contributed by atoms with Crippen molar-refractivity contribution in [1.82, 2.24) is 0 Å². The van der Waals surface area contributed by atoms with Gasteiger partial charge in [-0.05, 0) is 72.4 Å². The Morgan fingerprint density at radius 3 is 2.21 bits per heavy atom. The zero-order valence-electron chi connectivity index (χ0n) is 16.7. The fourth-order valence-electron chi connectivity index (χ4n) is 3.73. The molecule has 1 aliphatic rings. The standard InChI is InChI=1S/C27H25N/c1-19-9-8-16-28-27-13-7-6-12-24(27)26-18-25(21(3)17-22(26)15-14-19)23-11-5-4-10-20(23)2/h4-18,28H,1-3H3/b15-14-,16-8+,19-9-. The average molecular weight is 364 g/mol. The van der Waals surface area contributed by atoms with Gasteiger partial charge in [0.15, 0.2) is 0 Å². The second-order valence-electron chi connectivity index (χ2n) is 7.36. The van der Waals surface area contributed by atoms with Crippen molar-refractivity contribution in [1.29, 1.82) is 0 Å². The topological polar surface area (TPSA) is 12.0 Å². The molecule has 1 heteroatoms. The molecular weight excluding hydrogens is 338 g/mol. The van der Waals surface area contributed by atoms with Crippen molar-refractivity contribution in [3.8, 4) is 22.3 Å². The molecule has 0 radical (unpaired) electrons. The predicted octanol–water partition coefficient (Wildman–Crippen LogP) is 7.54. The summed E-state index contributed by atoms with van der Waals surface area (Å²) in [7, 11) is 0. The highest BCUT2D eigenvalue weighted by Gasteiger charge is 2.13. The van der Waals surface area contributed by atoms with Crippen LogP contribution in [0.5, 0.6) is 0 Å². The number of nitrogens with one attached hydrogen (secondary N) is 1. The maximum Gasteiger partial charge on any atom is 0.0459 e. The first kappa shape index (κ1) is 18.1. The second kappa shape index (κ2) is 7.74. The fourth-order valence-corrected chi connectivity index (χ4v) is 3.73. The molecule has 0 unspecified atom stereocenters. The van der Waals surface area contributed by atoms with Crippen LogP contribution in [-0.4, -0.2) is 0 Å². The number of benzene rings is 3. The summed E-state index contributed by atoms with van der Waals surface area (Å²) in [5, 5.41) is 3.45. The number of hydrogen-bond donors (Lipinski definition) is 1. The largest absolute Gasteiger partial charge is 0.361 e. The minimum Gasteiger partial charge on any atom is -0.361 e. The highest BCUT2D eigenvalue weighted by Crippen LogP contribution is 2.37. The van der Waals surface area contributed by atoms with Gasteiger partial charge in [0.2, 0.25) is 0 Å². The van der Waals surface area contributed by atoms with Crippen molar-refractivity contribution < 1.29 is 0 Å². The van der Waals surface area contributed by atoms with E-state index in [1.807, 2.05) is 6.20 Å². The lowest BCUT2D eigenvalue weighted by atomic mass is 9.89. The van der Waals surface area contributed by atoms with Gasteiger partial charge < -0.3 is 5.32 Å². The maximum atomic E-state index is 3.45. The molecular formula is C27H25N. The third kappa shape index (κ3) is 3.57. The highest BCUT2D eigenvalue weighted by molar-refractivity contribution is 5.89. The summed E-state index contributed by atoms with van der Waals surface area (Å²) in [6, 6.07) is 21.8. The first-order valence-corrected chi connectivity index (χ1v) is 9.71. The molecule has 138 valence electrons. The van der Waals surface area contributed by atoms with E-state index in [9.17, 15) is 0 Å². The molecule has 0 spiro atoms. The molecule has 4 rings (SSSR count). The monoisotopic (exact) mass is 363 g/mol. The van der Waals surface area contributed by atoms with Crippen molar-refractivity contribution in [2.75, 3.05) is 5.32 Å². The summed E-state index contributed by atoms with van der Waals surface area (Å²) < 4.78 is 0. The van der Waals surface area contributed by atoms with E-state index >= 15 is 0 Å². The fraction of sp³-hybridized carbons (Fsp3) is 0.111. The maximum absolute atomic E-state index is 3.45. The molecule has 0 saturated heterocycles. The van der Waals surface area contributed by atoms with Crippen molar-refractivity contribution >= 4 is 11.8 Å². The Kier molecular flexibility index (Phi) is 4.99. The Labute approximate surface area is 167 Å². The van der Waals surface area contributed by atoms with Crippen LogP contribution < -0.4 is 5.32 Å². The van der Waals surface area contributed by atoms with E-state index in [-0.39, 0.29) is 0 Å².